The van der Waals surface area contributed by atoms with Crippen molar-refractivity contribution in [2.45, 2.75) is 24.8 Å². The van der Waals surface area contributed by atoms with E-state index < -0.39 is 21.8 Å². The second kappa shape index (κ2) is 7.51. The van der Waals surface area contributed by atoms with Crippen LogP contribution in [0.25, 0.3) is 0 Å². The number of hydrogen-bond donors (Lipinski definition) is 1. The largest absolute Gasteiger partial charge is 0.350 e. The lowest BCUT2D eigenvalue weighted by Crippen LogP contribution is -2.34. The number of aromatic nitrogens is 1. The number of rotatable bonds is 5. The zero-order chi connectivity index (χ0) is 18.7. The standard InChI is InChI=1S/C18H20FN3O3S/c1-13-3-2-4-16(21-13)11-20-18(23)14-9-10-22(12-14)26(24,25)17-7-5-15(19)6-8-17/h2-8,14H,9-12H2,1H3,(H,20,23)/t14-/m1/s1. The number of aryl methyl sites for hydroxylation is 1. The minimum Gasteiger partial charge on any atom is -0.350 e. The summed E-state index contributed by atoms with van der Waals surface area (Å²) >= 11 is 0. The van der Waals surface area contributed by atoms with Gasteiger partial charge in [0.05, 0.1) is 23.1 Å². The molecule has 6 nitrogen and oxygen atoms in total. The summed E-state index contributed by atoms with van der Waals surface area (Å²) in [4.78, 5) is 16.7. The van der Waals surface area contributed by atoms with E-state index in [2.05, 4.69) is 10.3 Å². The predicted molar refractivity (Wildman–Crippen MR) is 94.1 cm³/mol. The Hall–Kier alpha value is -2.32. The first-order valence-corrected chi connectivity index (χ1v) is 9.76. The molecule has 1 aliphatic rings. The molecule has 2 heterocycles. The topological polar surface area (TPSA) is 79.4 Å². The number of hydrogen-bond acceptors (Lipinski definition) is 4. The molecule has 1 amide bonds. The molecule has 1 fully saturated rings. The van der Waals surface area contributed by atoms with Gasteiger partial charge in [-0.3, -0.25) is 9.78 Å². The van der Waals surface area contributed by atoms with Crippen molar-refractivity contribution in [3.05, 3.63) is 59.7 Å². The van der Waals surface area contributed by atoms with Gasteiger partial charge >= 0.3 is 0 Å². The molecule has 1 aromatic heterocycles. The second-order valence-electron chi connectivity index (χ2n) is 6.29. The van der Waals surface area contributed by atoms with Gasteiger partial charge in [-0.1, -0.05) is 6.07 Å². The Labute approximate surface area is 152 Å². The summed E-state index contributed by atoms with van der Waals surface area (Å²) in [5.41, 5.74) is 1.63. The molecule has 26 heavy (non-hydrogen) atoms. The van der Waals surface area contributed by atoms with Crippen molar-refractivity contribution in [1.29, 1.82) is 0 Å². The average molecular weight is 377 g/mol. The van der Waals surface area contributed by atoms with Crippen LogP contribution in [0.4, 0.5) is 4.39 Å². The van der Waals surface area contributed by atoms with Crippen molar-refractivity contribution >= 4 is 15.9 Å². The van der Waals surface area contributed by atoms with E-state index in [-0.39, 0.29) is 23.9 Å². The summed E-state index contributed by atoms with van der Waals surface area (Å²) in [5, 5.41) is 2.81. The lowest BCUT2D eigenvalue weighted by molar-refractivity contribution is -0.124. The zero-order valence-electron chi connectivity index (χ0n) is 14.4. The Kier molecular flexibility index (Phi) is 5.33. The lowest BCUT2D eigenvalue weighted by Gasteiger charge is -2.16. The average Bonchev–Trinajstić information content (AvgIpc) is 3.11. The van der Waals surface area contributed by atoms with Crippen molar-refractivity contribution in [3.8, 4) is 0 Å². The minimum absolute atomic E-state index is 0.0314. The van der Waals surface area contributed by atoms with Crippen LogP contribution in [0.5, 0.6) is 0 Å². The molecule has 1 atom stereocenters. The normalized spacial score (nSPS) is 18.0. The van der Waals surface area contributed by atoms with Crippen LogP contribution in [0.1, 0.15) is 17.8 Å². The molecule has 2 aromatic rings. The number of carbonyl (C=O) groups excluding carboxylic acids is 1. The molecule has 3 rings (SSSR count). The molecule has 0 aliphatic carbocycles. The maximum absolute atomic E-state index is 13.0. The Morgan fingerprint density at radius 3 is 2.69 bits per heavy atom. The molecule has 1 saturated heterocycles. The van der Waals surface area contributed by atoms with Gasteiger partial charge in [0.1, 0.15) is 5.82 Å². The van der Waals surface area contributed by atoms with Crippen molar-refractivity contribution in [2.24, 2.45) is 5.92 Å². The van der Waals surface area contributed by atoms with Crippen LogP contribution >= 0.6 is 0 Å². The summed E-state index contributed by atoms with van der Waals surface area (Å²) in [6.07, 6.45) is 0.452. The molecule has 0 radical (unpaired) electrons. The van der Waals surface area contributed by atoms with Gasteiger partial charge in [0.25, 0.3) is 0 Å². The summed E-state index contributed by atoms with van der Waals surface area (Å²) < 4.78 is 39.5. The Balaban J connectivity index is 1.60. The van der Waals surface area contributed by atoms with E-state index in [4.69, 9.17) is 0 Å². The number of benzene rings is 1. The van der Waals surface area contributed by atoms with Gasteiger partial charge in [-0.25, -0.2) is 12.8 Å². The fourth-order valence-electron chi connectivity index (χ4n) is 2.94. The van der Waals surface area contributed by atoms with Crippen molar-refractivity contribution in [1.82, 2.24) is 14.6 Å². The third-order valence-electron chi connectivity index (χ3n) is 4.36. The molecule has 0 unspecified atom stereocenters. The summed E-state index contributed by atoms with van der Waals surface area (Å²) in [5.74, 6) is -1.09. The maximum Gasteiger partial charge on any atom is 0.243 e. The number of amides is 1. The molecule has 138 valence electrons. The number of pyridine rings is 1. The molecule has 0 saturated carbocycles. The van der Waals surface area contributed by atoms with Crippen molar-refractivity contribution < 1.29 is 17.6 Å². The smallest absolute Gasteiger partial charge is 0.243 e. The van der Waals surface area contributed by atoms with E-state index in [1.54, 1.807) is 0 Å². The molecule has 0 spiro atoms. The van der Waals surface area contributed by atoms with Crippen molar-refractivity contribution in [3.63, 3.8) is 0 Å². The Morgan fingerprint density at radius 1 is 1.27 bits per heavy atom. The first-order valence-electron chi connectivity index (χ1n) is 8.32. The molecule has 1 aliphatic heterocycles. The van der Waals surface area contributed by atoms with Gasteiger partial charge < -0.3 is 5.32 Å². The van der Waals surface area contributed by atoms with E-state index in [1.165, 1.54) is 16.4 Å². The summed E-state index contributed by atoms with van der Waals surface area (Å²) in [6.45, 7) is 2.56. The van der Waals surface area contributed by atoms with E-state index in [1.807, 2.05) is 25.1 Å². The monoisotopic (exact) mass is 377 g/mol. The van der Waals surface area contributed by atoms with Crippen LogP contribution in [-0.2, 0) is 21.4 Å². The molecule has 0 bridgehead atoms. The van der Waals surface area contributed by atoms with Crippen LogP contribution in [0.2, 0.25) is 0 Å². The fourth-order valence-corrected chi connectivity index (χ4v) is 4.44. The van der Waals surface area contributed by atoms with Crippen LogP contribution in [0.15, 0.2) is 47.4 Å². The Morgan fingerprint density at radius 2 is 2.00 bits per heavy atom. The number of nitrogens with zero attached hydrogens (tertiary/aromatic N) is 2. The highest BCUT2D eigenvalue weighted by Crippen LogP contribution is 2.24. The van der Waals surface area contributed by atoms with Gasteiger partial charge in [-0.05, 0) is 49.7 Å². The highest BCUT2D eigenvalue weighted by Gasteiger charge is 2.35. The maximum atomic E-state index is 13.0. The van der Waals surface area contributed by atoms with Gasteiger partial charge in [0.15, 0.2) is 0 Å². The van der Waals surface area contributed by atoms with E-state index in [0.717, 1.165) is 23.5 Å². The minimum atomic E-state index is -3.72. The third kappa shape index (κ3) is 4.08. The van der Waals surface area contributed by atoms with Crippen LogP contribution in [0, 0.1) is 18.7 Å². The van der Waals surface area contributed by atoms with Crippen LogP contribution < -0.4 is 5.32 Å². The SMILES string of the molecule is Cc1cccc(CNC(=O)[C@@H]2CCN(S(=O)(=O)c3ccc(F)cc3)C2)n1. The van der Waals surface area contributed by atoms with E-state index in [9.17, 15) is 17.6 Å². The second-order valence-corrected chi connectivity index (χ2v) is 8.23. The Bertz CT molecular complexity index is 900. The number of nitrogens with one attached hydrogen (secondary N) is 1. The van der Waals surface area contributed by atoms with Gasteiger partial charge in [-0.15, -0.1) is 0 Å². The quantitative estimate of drug-likeness (QED) is 0.863. The predicted octanol–water partition coefficient (Wildman–Crippen LogP) is 1.86. The number of carbonyl (C=O) groups is 1. The molecule has 1 aromatic carbocycles. The molecule has 8 heteroatoms. The first-order chi connectivity index (χ1) is 12.4. The van der Waals surface area contributed by atoms with Crippen LogP contribution in [0.3, 0.4) is 0 Å². The van der Waals surface area contributed by atoms with Gasteiger partial charge in [-0.2, -0.15) is 4.31 Å². The highest BCUT2D eigenvalue weighted by atomic mass is 32.2. The van der Waals surface area contributed by atoms with Gasteiger partial charge in [0, 0.05) is 18.8 Å². The summed E-state index contributed by atoms with van der Waals surface area (Å²) in [7, 11) is -3.72. The fraction of sp³-hybridized carbons (Fsp3) is 0.333. The number of sulfonamides is 1. The third-order valence-corrected chi connectivity index (χ3v) is 6.24. The van der Waals surface area contributed by atoms with Crippen molar-refractivity contribution in [2.75, 3.05) is 13.1 Å². The number of halogens is 1. The van der Waals surface area contributed by atoms with E-state index in [0.29, 0.717) is 13.0 Å². The molecule has 1 N–H and O–H groups in total. The summed E-state index contributed by atoms with van der Waals surface area (Å²) in [6, 6.07) is 10.3. The van der Waals surface area contributed by atoms with E-state index >= 15 is 0 Å². The lowest BCUT2D eigenvalue weighted by atomic mass is 10.1. The highest BCUT2D eigenvalue weighted by molar-refractivity contribution is 7.89. The first kappa shape index (κ1) is 18.5. The van der Waals surface area contributed by atoms with Crippen LogP contribution in [-0.4, -0.2) is 36.7 Å². The van der Waals surface area contributed by atoms with Gasteiger partial charge in [0.2, 0.25) is 15.9 Å². The molecular formula is C18H20FN3O3S. The zero-order valence-corrected chi connectivity index (χ0v) is 15.2. The molecular weight excluding hydrogens is 357 g/mol.